The lowest BCUT2D eigenvalue weighted by Crippen LogP contribution is -2.40. The molecule has 1 aliphatic heterocycles. The molecule has 2 heterocycles. The van der Waals surface area contributed by atoms with E-state index >= 15 is 0 Å². The second kappa shape index (κ2) is 10.8. The first-order chi connectivity index (χ1) is 23.1. The summed E-state index contributed by atoms with van der Waals surface area (Å²) in [6.45, 7) is 2.18. The van der Waals surface area contributed by atoms with Gasteiger partial charge in [0.2, 0.25) is 0 Å². The number of aromatic nitrogens is 1. The number of hydrogen-bond donors (Lipinski definition) is 1. The summed E-state index contributed by atoms with van der Waals surface area (Å²) in [5.41, 5.74) is 6.66. The molecule has 7 aromatic carbocycles. The Hall–Kier alpha value is -6.06. The van der Waals surface area contributed by atoms with E-state index in [-0.39, 0.29) is 0 Å². The van der Waals surface area contributed by atoms with Crippen LogP contribution in [-0.4, -0.2) is 10.7 Å². The van der Waals surface area contributed by atoms with E-state index in [0.29, 0.717) is 0 Å². The summed E-state index contributed by atoms with van der Waals surface area (Å²) in [4.78, 5) is 10.1. The van der Waals surface area contributed by atoms with Gasteiger partial charge in [-0.3, -0.25) is 9.98 Å². The zero-order valence-electron chi connectivity index (χ0n) is 26.0. The third-order valence-electron chi connectivity index (χ3n) is 9.51. The number of hydrogen-bond acceptors (Lipinski definition) is 3. The van der Waals surface area contributed by atoms with Crippen molar-refractivity contribution in [2.24, 2.45) is 4.99 Å². The van der Waals surface area contributed by atoms with Crippen molar-refractivity contribution in [2.75, 3.05) is 0 Å². The molecule has 8 aromatic rings. The zero-order valence-corrected chi connectivity index (χ0v) is 26.0. The summed E-state index contributed by atoms with van der Waals surface area (Å²) in [7, 11) is 0. The molecular formula is C44H31N3. The van der Waals surface area contributed by atoms with E-state index in [9.17, 15) is 0 Å². The highest BCUT2D eigenvalue weighted by Gasteiger charge is 2.32. The number of rotatable bonds is 4. The highest BCUT2D eigenvalue weighted by molar-refractivity contribution is 6.25. The Bertz CT molecular complexity index is 2550. The van der Waals surface area contributed by atoms with Crippen molar-refractivity contribution in [1.82, 2.24) is 10.3 Å². The third-order valence-corrected chi connectivity index (χ3v) is 9.51. The molecular weight excluding hydrogens is 571 g/mol. The molecule has 0 saturated heterocycles. The molecule has 0 radical (unpaired) electrons. The summed E-state index contributed by atoms with van der Waals surface area (Å²) in [5, 5.41) is 13.7. The van der Waals surface area contributed by atoms with Gasteiger partial charge in [0, 0.05) is 28.6 Å². The van der Waals surface area contributed by atoms with Crippen molar-refractivity contribution in [3.8, 4) is 11.3 Å². The number of fused-ring (bicyclic) bond motifs is 6. The van der Waals surface area contributed by atoms with Crippen molar-refractivity contribution in [3.05, 3.63) is 181 Å². The monoisotopic (exact) mass is 601 g/mol. The summed E-state index contributed by atoms with van der Waals surface area (Å²) >= 11 is 0. The average Bonchev–Trinajstić information content (AvgIpc) is 3.14. The minimum Gasteiger partial charge on any atom is -0.357 e. The second-order valence-corrected chi connectivity index (χ2v) is 12.4. The van der Waals surface area contributed by atoms with Gasteiger partial charge in [-0.25, -0.2) is 0 Å². The van der Waals surface area contributed by atoms with Crippen molar-refractivity contribution in [2.45, 2.75) is 12.6 Å². The van der Waals surface area contributed by atoms with Crippen LogP contribution in [0.15, 0.2) is 169 Å². The molecule has 1 unspecified atom stereocenters. The van der Waals surface area contributed by atoms with Gasteiger partial charge in [0.1, 0.15) is 0 Å². The minimum atomic E-state index is -0.735. The number of allylic oxidation sites excluding steroid dienone is 1. The number of benzene rings is 7. The van der Waals surface area contributed by atoms with Crippen molar-refractivity contribution in [3.63, 3.8) is 0 Å². The Balaban J connectivity index is 1.29. The standard InChI is InChI=1S/C44H31N3/c1-44(32-23-21-29(22-24-32)41-20-10-11-25-45-41)46-42(39-26-30-12-2-4-14-33(30)35-16-6-8-18-37(35)39)28-43(47-44)40-27-31-13-3-5-15-34(31)36-17-7-9-19-38(36)40/h2-28,46H,1H3. The van der Waals surface area contributed by atoms with Gasteiger partial charge in [-0.05, 0) is 85.9 Å². The molecule has 0 saturated carbocycles. The fourth-order valence-electron chi connectivity index (χ4n) is 7.20. The van der Waals surface area contributed by atoms with E-state index < -0.39 is 5.66 Å². The number of nitrogens with one attached hydrogen (secondary N) is 1. The maximum Gasteiger partial charge on any atom is 0.153 e. The molecule has 0 amide bonds. The number of aliphatic imine (C=N–C) groups is 1. The number of pyridine rings is 1. The summed E-state index contributed by atoms with van der Waals surface area (Å²) < 4.78 is 0. The Labute approximate surface area is 273 Å². The van der Waals surface area contributed by atoms with Crippen molar-refractivity contribution < 1.29 is 0 Å². The van der Waals surface area contributed by atoms with Crippen LogP contribution in [0.4, 0.5) is 0 Å². The predicted molar refractivity (Wildman–Crippen MR) is 198 cm³/mol. The molecule has 1 aliphatic rings. The van der Waals surface area contributed by atoms with Gasteiger partial charge in [0.15, 0.2) is 5.66 Å². The van der Waals surface area contributed by atoms with Gasteiger partial charge in [-0.2, -0.15) is 0 Å². The lowest BCUT2D eigenvalue weighted by atomic mass is 9.89. The van der Waals surface area contributed by atoms with E-state index in [1.807, 2.05) is 24.4 Å². The van der Waals surface area contributed by atoms with E-state index in [4.69, 9.17) is 4.99 Å². The van der Waals surface area contributed by atoms with Crippen LogP contribution in [0.3, 0.4) is 0 Å². The van der Waals surface area contributed by atoms with Crippen LogP contribution in [0.2, 0.25) is 0 Å². The maximum absolute atomic E-state index is 5.55. The SMILES string of the molecule is CC1(c2ccc(-c3ccccn3)cc2)N=C(c2cc3ccccc3c3ccccc23)C=C(c2cc3ccccc3c3ccccc23)N1. The quantitative estimate of drug-likeness (QED) is 0.204. The Morgan fingerprint density at radius 3 is 1.66 bits per heavy atom. The molecule has 1 atom stereocenters. The van der Waals surface area contributed by atoms with E-state index in [2.05, 4.69) is 157 Å². The predicted octanol–water partition coefficient (Wildman–Crippen LogP) is 10.7. The van der Waals surface area contributed by atoms with Gasteiger partial charge in [0.05, 0.1) is 11.4 Å². The largest absolute Gasteiger partial charge is 0.357 e. The molecule has 1 N–H and O–H groups in total. The smallest absolute Gasteiger partial charge is 0.153 e. The topological polar surface area (TPSA) is 37.3 Å². The molecule has 9 rings (SSSR count). The van der Waals surface area contributed by atoms with Crippen LogP contribution in [0.5, 0.6) is 0 Å². The first-order valence-corrected chi connectivity index (χ1v) is 16.1. The van der Waals surface area contributed by atoms with E-state index in [1.165, 1.54) is 43.1 Å². The highest BCUT2D eigenvalue weighted by atomic mass is 15.2. The molecule has 47 heavy (non-hydrogen) atoms. The molecule has 0 bridgehead atoms. The van der Waals surface area contributed by atoms with Gasteiger partial charge in [-0.1, -0.05) is 127 Å². The summed E-state index contributed by atoms with van der Waals surface area (Å²) in [6, 6.07) is 54.0. The lowest BCUT2D eigenvalue weighted by Gasteiger charge is -2.35. The first-order valence-electron chi connectivity index (χ1n) is 16.1. The molecule has 0 spiro atoms. The van der Waals surface area contributed by atoms with Gasteiger partial charge in [0.25, 0.3) is 0 Å². The van der Waals surface area contributed by atoms with Crippen molar-refractivity contribution >= 4 is 54.5 Å². The highest BCUT2D eigenvalue weighted by Crippen LogP contribution is 2.39. The molecule has 0 fully saturated rings. The average molecular weight is 602 g/mol. The van der Waals surface area contributed by atoms with Gasteiger partial charge in [-0.15, -0.1) is 0 Å². The molecule has 3 nitrogen and oxygen atoms in total. The van der Waals surface area contributed by atoms with Crippen LogP contribution in [0.25, 0.3) is 60.0 Å². The zero-order chi connectivity index (χ0) is 31.4. The van der Waals surface area contributed by atoms with Crippen LogP contribution in [0.1, 0.15) is 23.6 Å². The third kappa shape index (κ3) is 4.59. The van der Waals surface area contributed by atoms with Gasteiger partial charge >= 0.3 is 0 Å². The van der Waals surface area contributed by atoms with Crippen LogP contribution in [0, 0.1) is 0 Å². The van der Waals surface area contributed by atoms with Gasteiger partial charge < -0.3 is 5.32 Å². The Morgan fingerprint density at radius 2 is 1.04 bits per heavy atom. The lowest BCUT2D eigenvalue weighted by molar-refractivity contribution is 0.448. The molecule has 222 valence electrons. The summed E-state index contributed by atoms with van der Waals surface area (Å²) in [6.07, 6.45) is 4.08. The number of nitrogens with zero attached hydrogens (tertiary/aromatic N) is 2. The summed E-state index contributed by atoms with van der Waals surface area (Å²) in [5.74, 6) is 0. The van der Waals surface area contributed by atoms with Crippen molar-refractivity contribution in [1.29, 1.82) is 0 Å². The fraction of sp³-hybridized carbons (Fsp3) is 0.0455. The van der Waals surface area contributed by atoms with Crippen LogP contribution >= 0.6 is 0 Å². The Kier molecular flexibility index (Phi) is 6.26. The Morgan fingerprint density at radius 1 is 0.511 bits per heavy atom. The van der Waals surface area contributed by atoms with E-state index in [1.54, 1.807) is 0 Å². The molecule has 3 heteroatoms. The minimum absolute atomic E-state index is 0.735. The maximum atomic E-state index is 5.55. The fourth-order valence-corrected chi connectivity index (χ4v) is 7.20. The molecule has 0 aliphatic carbocycles. The van der Waals surface area contributed by atoms with Crippen LogP contribution < -0.4 is 5.32 Å². The normalized spacial score (nSPS) is 16.3. The van der Waals surface area contributed by atoms with E-state index in [0.717, 1.165) is 39.4 Å². The first kappa shape index (κ1) is 27.3. The van der Waals surface area contributed by atoms with Crippen LogP contribution in [-0.2, 0) is 5.66 Å². The molecule has 1 aromatic heterocycles. The second-order valence-electron chi connectivity index (χ2n) is 12.4.